The molecule has 0 aliphatic rings. The normalized spacial score (nSPS) is 10.4. The largest absolute Gasteiger partial charge is 0.477 e. The minimum atomic E-state index is -0.999. The quantitative estimate of drug-likeness (QED) is 0.796. The van der Waals surface area contributed by atoms with Crippen LogP contribution in [-0.4, -0.2) is 48.7 Å². The van der Waals surface area contributed by atoms with Crippen molar-refractivity contribution >= 4 is 23.2 Å². The Kier molecular flexibility index (Phi) is 6.52. The van der Waals surface area contributed by atoms with Gasteiger partial charge in [-0.05, 0) is 18.6 Å². The van der Waals surface area contributed by atoms with Crippen LogP contribution < -0.4 is 0 Å². The van der Waals surface area contributed by atoms with Crippen LogP contribution in [0.3, 0.4) is 0 Å². The number of carbonyl (C=O) groups excluding carboxylic acids is 1. The second-order valence-electron chi connectivity index (χ2n) is 4.11. The van der Waals surface area contributed by atoms with Gasteiger partial charge in [0.2, 0.25) is 0 Å². The molecule has 0 saturated carbocycles. The lowest BCUT2D eigenvalue weighted by Crippen LogP contribution is -2.34. The first-order valence-corrected chi connectivity index (χ1v) is 7.03. The highest BCUT2D eigenvalue weighted by atomic mass is 32.1. The monoisotopic (exact) mass is 285 g/mol. The van der Waals surface area contributed by atoms with Gasteiger partial charge >= 0.3 is 5.97 Å². The van der Waals surface area contributed by atoms with Crippen LogP contribution in [0.5, 0.6) is 0 Å². The molecular weight excluding hydrogens is 266 g/mol. The van der Waals surface area contributed by atoms with E-state index in [0.717, 1.165) is 24.2 Å². The highest BCUT2D eigenvalue weighted by molar-refractivity contribution is 7.15. The van der Waals surface area contributed by atoms with E-state index in [9.17, 15) is 9.59 Å². The van der Waals surface area contributed by atoms with Crippen molar-refractivity contribution in [2.75, 3.05) is 26.8 Å². The van der Waals surface area contributed by atoms with Crippen molar-refractivity contribution in [1.29, 1.82) is 0 Å². The molecule has 1 amide bonds. The van der Waals surface area contributed by atoms with Gasteiger partial charge in [-0.25, -0.2) is 4.79 Å². The molecule has 0 atom stereocenters. The average molecular weight is 285 g/mol. The Labute approximate surface area is 116 Å². The molecule has 0 unspecified atom stereocenters. The number of rotatable bonds is 8. The highest BCUT2D eigenvalue weighted by Gasteiger charge is 2.18. The van der Waals surface area contributed by atoms with Crippen molar-refractivity contribution in [3.8, 4) is 0 Å². The zero-order valence-corrected chi connectivity index (χ0v) is 12.0. The number of unbranched alkanes of at least 4 members (excludes halogenated alkanes) is 1. The summed E-state index contributed by atoms with van der Waals surface area (Å²) < 4.78 is 5.00. The number of nitrogens with zero attached hydrogens (tertiary/aromatic N) is 1. The SMILES string of the molecule is CCCCN(CCOC)C(=O)c1ccc(C(=O)O)s1. The van der Waals surface area contributed by atoms with Crippen molar-refractivity contribution in [3.05, 3.63) is 21.9 Å². The number of hydrogen-bond acceptors (Lipinski definition) is 4. The van der Waals surface area contributed by atoms with Gasteiger partial charge in [0.25, 0.3) is 5.91 Å². The number of amides is 1. The van der Waals surface area contributed by atoms with Gasteiger partial charge < -0.3 is 14.7 Å². The van der Waals surface area contributed by atoms with E-state index in [1.807, 2.05) is 0 Å². The van der Waals surface area contributed by atoms with Crippen molar-refractivity contribution in [1.82, 2.24) is 4.90 Å². The van der Waals surface area contributed by atoms with E-state index in [1.165, 1.54) is 6.07 Å². The first kappa shape index (κ1) is 15.7. The Morgan fingerprint density at radius 1 is 1.32 bits per heavy atom. The molecule has 0 saturated heterocycles. The van der Waals surface area contributed by atoms with E-state index < -0.39 is 5.97 Å². The van der Waals surface area contributed by atoms with E-state index >= 15 is 0 Å². The maximum atomic E-state index is 12.3. The van der Waals surface area contributed by atoms with Gasteiger partial charge in [-0.15, -0.1) is 11.3 Å². The van der Waals surface area contributed by atoms with Gasteiger partial charge in [0, 0.05) is 20.2 Å². The van der Waals surface area contributed by atoms with Crippen LogP contribution in [0.25, 0.3) is 0 Å². The van der Waals surface area contributed by atoms with Gasteiger partial charge in [-0.1, -0.05) is 13.3 Å². The smallest absolute Gasteiger partial charge is 0.345 e. The van der Waals surface area contributed by atoms with Crippen molar-refractivity contribution < 1.29 is 19.4 Å². The molecule has 5 nitrogen and oxygen atoms in total. The van der Waals surface area contributed by atoms with Crippen molar-refractivity contribution in [2.45, 2.75) is 19.8 Å². The summed E-state index contributed by atoms with van der Waals surface area (Å²) in [5.41, 5.74) is 0. The minimum absolute atomic E-state index is 0.122. The number of carboxylic acids is 1. The lowest BCUT2D eigenvalue weighted by atomic mass is 10.3. The predicted octanol–water partition coefficient (Wildman–Crippen LogP) is 2.33. The number of thiophene rings is 1. The molecule has 1 heterocycles. The van der Waals surface area contributed by atoms with Gasteiger partial charge in [-0.3, -0.25) is 4.79 Å². The van der Waals surface area contributed by atoms with Crippen LogP contribution >= 0.6 is 11.3 Å². The van der Waals surface area contributed by atoms with E-state index in [1.54, 1.807) is 18.1 Å². The third-order valence-electron chi connectivity index (χ3n) is 2.66. The fourth-order valence-corrected chi connectivity index (χ4v) is 2.40. The summed E-state index contributed by atoms with van der Waals surface area (Å²) >= 11 is 1.01. The maximum absolute atomic E-state index is 12.3. The minimum Gasteiger partial charge on any atom is -0.477 e. The van der Waals surface area contributed by atoms with E-state index in [0.29, 0.717) is 24.6 Å². The highest BCUT2D eigenvalue weighted by Crippen LogP contribution is 2.18. The summed E-state index contributed by atoms with van der Waals surface area (Å²) in [5.74, 6) is -1.12. The summed E-state index contributed by atoms with van der Waals surface area (Å²) in [6.07, 6.45) is 1.92. The average Bonchev–Trinajstić information content (AvgIpc) is 2.88. The molecule has 1 aromatic heterocycles. The van der Waals surface area contributed by atoms with E-state index in [2.05, 4.69) is 6.92 Å². The topological polar surface area (TPSA) is 66.8 Å². The molecule has 0 aromatic carbocycles. The first-order chi connectivity index (χ1) is 9.10. The third kappa shape index (κ3) is 4.65. The van der Waals surface area contributed by atoms with Crippen molar-refractivity contribution in [3.63, 3.8) is 0 Å². The van der Waals surface area contributed by atoms with Gasteiger partial charge in [0.1, 0.15) is 4.88 Å². The van der Waals surface area contributed by atoms with Crippen LogP contribution in [0.15, 0.2) is 12.1 Å². The number of ether oxygens (including phenoxy) is 1. The van der Waals surface area contributed by atoms with Crippen LogP contribution in [0, 0.1) is 0 Å². The summed E-state index contributed by atoms with van der Waals surface area (Å²) in [6.45, 7) is 3.73. The Morgan fingerprint density at radius 2 is 2.00 bits per heavy atom. The first-order valence-electron chi connectivity index (χ1n) is 6.21. The zero-order valence-electron chi connectivity index (χ0n) is 11.2. The summed E-state index contributed by atoms with van der Waals surface area (Å²) in [4.78, 5) is 25.5. The molecule has 19 heavy (non-hydrogen) atoms. The molecule has 1 aromatic rings. The second-order valence-corrected chi connectivity index (χ2v) is 5.19. The number of carboxylic acid groups (broad SMARTS) is 1. The Balaban J connectivity index is 2.75. The summed E-state index contributed by atoms with van der Waals surface area (Å²) in [6, 6.07) is 3.04. The van der Waals surface area contributed by atoms with Crippen LogP contribution in [-0.2, 0) is 4.74 Å². The van der Waals surface area contributed by atoms with Crippen LogP contribution in [0.4, 0.5) is 0 Å². The molecule has 106 valence electrons. The maximum Gasteiger partial charge on any atom is 0.345 e. The number of methoxy groups -OCH3 is 1. The van der Waals surface area contributed by atoms with Gasteiger partial charge in [0.05, 0.1) is 11.5 Å². The van der Waals surface area contributed by atoms with E-state index in [-0.39, 0.29) is 10.8 Å². The molecule has 1 rings (SSSR count). The fraction of sp³-hybridized carbons (Fsp3) is 0.538. The third-order valence-corrected chi connectivity index (χ3v) is 3.72. The molecular formula is C13H19NO4S. The zero-order chi connectivity index (χ0) is 14.3. The van der Waals surface area contributed by atoms with Gasteiger partial charge in [0.15, 0.2) is 0 Å². The van der Waals surface area contributed by atoms with Gasteiger partial charge in [-0.2, -0.15) is 0 Å². The summed E-state index contributed by atoms with van der Waals surface area (Å²) in [5, 5.41) is 8.87. The Hall–Kier alpha value is -1.40. The molecule has 0 radical (unpaired) electrons. The van der Waals surface area contributed by atoms with Crippen molar-refractivity contribution in [2.24, 2.45) is 0 Å². The molecule has 0 spiro atoms. The van der Waals surface area contributed by atoms with Crippen LogP contribution in [0.1, 0.15) is 39.1 Å². The number of hydrogen-bond donors (Lipinski definition) is 1. The lowest BCUT2D eigenvalue weighted by molar-refractivity contribution is 0.0693. The molecule has 0 aliphatic heterocycles. The summed E-state index contributed by atoms with van der Waals surface area (Å²) in [7, 11) is 1.59. The molecule has 0 aliphatic carbocycles. The molecule has 1 N–H and O–H groups in total. The predicted molar refractivity (Wildman–Crippen MR) is 74.0 cm³/mol. The Bertz CT molecular complexity index is 422. The Morgan fingerprint density at radius 3 is 2.53 bits per heavy atom. The molecule has 0 fully saturated rings. The fourth-order valence-electron chi connectivity index (χ4n) is 1.59. The standard InChI is InChI=1S/C13H19NO4S/c1-3-4-7-14(8-9-18-2)12(15)10-5-6-11(19-10)13(16)17/h5-6H,3-4,7-9H2,1-2H3,(H,16,17). The lowest BCUT2D eigenvalue weighted by Gasteiger charge is -2.21. The molecule has 0 bridgehead atoms. The van der Waals surface area contributed by atoms with Crippen LogP contribution in [0.2, 0.25) is 0 Å². The molecule has 6 heteroatoms. The second kappa shape index (κ2) is 7.91. The number of aromatic carboxylic acids is 1. The van der Waals surface area contributed by atoms with E-state index in [4.69, 9.17) is 9.84 Å². The number of carbonyl (C=O) groups is 2.